The molecular formula is C30H34N8O4. The highest BCUT2D eigenvalue weighted by atomic mass is 16.6. The summed E-state index contributed by atoms with van der Waals surface area (Å²) in [5.74, 6) is -0.0238. The molecule has 1 aliphatic heterocycles. The van der Waals surface area contributed by atoms with Crippen LogP contribution in [0, 0.1) is 18.3 Å². The molecule has 0 radical (unpaired) electrons. The van der Waals surface area contributed by atoms with E-state index in [1.54, 1.807) is 27.7 Å². The van der Waals surface area contributed by atoms with Crippen molar-refractivity contribution in [3.8, 4) is 23.1 Å². The second kappa shape index (κ2) is 11.5. The summed E-state index contributed by atoms with van der Waals surface area (Å²) in [5, 5.41) is 23.0. The number of fused-ring (bicyclic) bond motifs is 1. The van der Waals surface area contributed by atoms with E-state index < -0.39 is 11.5 Å². The molecule has 2 amide bonds. The second-order valence-electron chi connectivity index (χ2n) is 11.3. The fraction of sp³-hybridized carbons (Fsp3) is 0.400. The quantitative estimate of drug-likeness (QED) is 0.349. The maximum absolute atomic E-state index is 12.5. The van der Waals surface area contributed by atoms with Gasteiger partial charge < -0.3 is 20.1 Å². The highest BCUT2D eigenvalue weighted by Gasteiger charge is 2.29. The summed E-state index contributed by atoms with van der Waals surface area (Å²) in [7, 11) is 0. The van der Waals surface area contributed by atoms with Gasteiger partial charge in [0.1, 0.15) is 34.2 Å². The molecule has 5 rings (SSSR count). The molecule has 42 heavy (non-hydrogen) atoms. The van der Waals surface area contributed by atoms with Crippen LogP contribution in [0.2, 0.25) is 0 Å². The molecule has 4 aromatic rings. The van der Waals surface area contributed by atoms with Gasteiger partial charge in [-0.3, -0.25) is 4.79 Å². The summed E-state index contributed by atoms with van der Waals surface area (Å²) >= 11 is 0. The van der Waals surface area contributed by atoms with Gasteiger partial charge in [0.15, 0.2) is 0 Å². The summed E-state index contributed by atoms with van der Waals surface area (Å²) in [6.45, 7) is 8.94. The zero-order chi connectivity index (χ0) is 30.0. The van der Waals surface area contributed by atoms with E-state index in [2.05, 4.69) is 21.5 Å². The topological polar surface area (TPSA) is 154 Å². The number of carbonyl (C=O) groups is 2. The number of piperidine rings is 1. The number of hydrogen-bond donors (Lipinski definition) is 1. The average molecular weight is 571 g/mol. The molecule has 12 heteroatoms. The monoisotopic (exact) mass is 570 g/mol. The summed E-state index contributed by atoms with van der Waals surface area (Å²) in [6, 6.07) is 11.2. The Morgan fingerprint density at radius 1 is 1.19 bits per heavy atom. The Hall–Kier alpha value is -4.92. The first-order valence-corrected chi connectivity index (χ1v) is 13.9. The molecule has 218 valence electrons. The molecule has 0 unspecified atom stereocenters. The van der Waals surface area contributed by atoms with E-state index in [0.717, 1.165) is 29.7 Å². The van der Waals surface area contributed by atoms with Crippen LogP contribution in [0.4, 0.5) is 4.79 Å². The molecule has 2 N–H and O–H groups in total. The number of likely N-dealkylation sites (tertiary alicyclic amines) is 1. The van der Waals surface area contributed by atoms with Crippen LogP contribution >= 0.6 is 0 Å². The first-order chi connectivity index (χ1) is 20.1. The largest absolute Gasteiger partial charge is 0.491 e. The number of nitrogens with two attached hydrogens (primary N) is 1. The molecule has 1 fully saturated rings. The van der Waals surface area contributed by atoms with Gasteiger partial charge in [-0.15, -0.1) is 5.10 Å². The summed E-state index contributed by atoms with van der Waals surface area (Å²) < 4.78 is 15.2. The van der Waals surface area contributed by atoms with Crippen LogP contribution in [0.3, 0.4) is 0 Å². The van der Waals surface area contributed by atoms with E-state index in [0.29, 0.717) is 47.6 Å². The number of pyridine rings is 1. The summed E-state index contributed by atoms with van der Waals surface area (Å²) in [6.07, 6.45) is 4.91. The minimum absolute atomic E-state index is 0.0876. The molecule has 0 bridgehead atoms. The van der Waals surface area contributed by atoms with Crippen LogP contribution < -0.4 is 10.5 Å². The van der Waals surface area contributed by atoms with E-state index in [1.165, 1.54) is 6.20 Å². The number of hydrogen-bond acceptors (Lipinski definition) is 8. The first-order valence-electron chi connectivity index (χ1n) is 13.9. The van der Waals surface area contributed by atoms with Crippen molar-refractivity contribution in [2.45, 2.75) is 58.6 Å². The summed E-state index contributed by atoms with van der Waals surface area (Å²) in [4.78, 5) is 26.0. The standard InChI is InChI=1S/C30H34N8O4/c1-19-26(34-35-38(19)23-9-12-36(13-10-23)29(40)42-30(2,3)4)21-15-25(27-22(16-31)17-33-37(27)18-21)41-14-11-20-7-5-6-8-24(20)28(32)39/h5-8,15,17-18,23H,9-14H2,1-4H3,(H2,32,39). The van der Waals surface area contributed by atoms with Gasteiger partial charge >= 0.3 is 6.09 Å². The van der Waals surface area contributed by atoms with E-state index in [-0.39, 0.29) is 18.7 Å². The smallest absolute Gasteiger partial charge is 0.410 e. The van der Waals surface area contributed by atoms with Gasteiger partial charge in [0, 0.05) is 36.8 Å². The highest BCUT2D eigenvalue weighted by Crippen LogP contribution is 2.33. The Labute approximate surface area is 243 Å². The lowest BCUT2D eigenvalue weighted by molar-refractivity contribution is 0.0183. The number of primary amides is 1. The van der Waals surface area contributed by atoms with E-state index in [1.807, 2.05) is 50.6 Å². The second-order valence-corrected chi connectivity index (χ2v) is 11.3. The number of rotatable bonds is 7. The lowest BCUT2D eigenvalue weighted by atomic mass is 10.0. The van der Waals surface area contributed by atoms with Crippen LogP contribution in [-0.4, -0.2) is 66.8 Å². The minimum Gasteiger partial charge on any atom is -0.491 e. The number of benzene rings is 1. The first kappa shape index (κ1) is 28.6. The maximum atomic E-state index is 12.5. The zero-order valence-electron chi connectivity index (χ0n) is 24.2. The van der Waals surface area contributed by atoms with Crippen molar-refractivity contribution in [1.82, 2.24) is 29.5 Å². The van der Waals surface area contributed by atoms with E-state index in [9.17, 15) is 14.9 Å². The molecule has 1 aliphatic rings. The lowest BCUT2D eigenvalue weighted by Gasteiger charge is -2.33. The third kappa shape index (κ3) is 5.90. The molecule has 12 nitrogen and oxygen atoms in total. The van der Waals surface area contributed by atoms with Crippen LogP contribution in [0.25, 0.3) is 16.8 Å². The minimum atomic E-state index is -0.536. The van der Waals surface area contributed by atoms with Gasteiger partial charge in [-0.2, -0.15) is 10.4 Å². The van der Waals surface area contributed by atoms with Gasteiger partial charge in [-0.05, 0) is 58.2 Å². The Bertz CT molecular complexity index is 1670. The number of carbonyl (C=O) groups excluding carboxylic acids is 2. The molecule has 0 saturated carbocycles. The van der Waals surface area contributed by atoms with Gasteiger partial charge in [0.25, 0.3) is 0 Å². The SMILES string of the molecule is Cc1c(-c2cc(OCCc3ccccc3C(N)=O)c3c(C#N)cnn3c2)nnn1C1CCN(C(=O)OC(C)(C)C)CC1. The lowest BCUT2D eigenvalue weighted by Crippen LogP contribution is -2.42. The third-order valence-electron chi connectivity index (χ3n) is 7.27. The molecule has 1 saturated heterocycles. The van der Waals surface area contributed by atoms with Gasteiger partial charge in [-0.1, -0.05) is 23.4 Å². The van der Waals surface area contributed by atoms with Crippen LogP contribution in [0.5, 0.6) is 5.75 Å². The molecule has 4 heterocycles. The van der Waals surface area contributed by atoms with E-state index >= 15 is 0 Å². The van der Waals surface area contributed by atoms with Crippen molar-refractivity contribution in [3.05, 3.63) is 65.1 Å². The predicted molar refractivity (Wildman–Crippen MR) is 154 cm³/mol. The Balaban J connectivity index is 1.36. The average Bonchev–Trinajstić information content (AvgIpc) is 3.55. The van der Waals surface area contributed by atoms with Crippen molar-refractivity contribution in [1.29, 1.82) is 5.26 Å². The number of amides is 2. The van der Waals surface area contributed by atoms with Crippen molar-refractivity contribution in [3.63, 3.8) is 0 Å². The summed E-state index contributed by atoms with van der Waals surface area (Å²) in [5.41, 5.74) is 9.43. The van der Waals surface area contributed by atoms with Gasteiger partial charge in [0.2, 0.25) is 5.91 Å². The third-order valence-corrected chi connectivity index (χ3v) is 7.27. The van der Waals surface area contributed by atoms with Crippen LogP contribution in [0.1, 0.15) is 66.8 Å². The van der Waals surface area contributed by atoms with Crippen LogP contribution in [-0.2, 0) is 11.2 Å². The van der Waals surface area contributed by atoms with Crippen molar-refractivity contribution in [2.75, 3.05) is 19.7 Å². The number of aromatic nitrogens is 5. The van der Waals surface area contributed by atoms with Gasteiger partial charge in [-0.25, -0.2) is 14.0 Å². The maximum Gasteiger partial charge on any atom is 0.410 e. The molecule has 0 atom stereocenters. The number of nitrogens with zero attached hydrogens (tertiary/aromatic N) is 7. The highest BCUT2D eigenvalue weighted by molar-refractivity contribution is 5.94. The number of ether oxygens (including phenoxy) is 2. The molecular weight excluding hydrogens is 536 g/mol. The Morgan fingerprint density at radius 2 is 1.93 bits per heavy atom. The Morgan fingerprint density at radius 3 is 2.62 bits per heavy atom. The van der Waals surface area contributed by atoms with Gasteiger partial charge in [0.05, 0.1) is 24.5 Å². The van der Waals surface area contributed by atoms with Crippen molar-refractivity contribution in [2.24, 2.45) is 5.73 Å². The molecule has 3 aromatic heterocycles. The molecule has 0 spiro atoms. The van der Waals surface area contributed by atoms with Crippen molar-refractivity contribution < 1.29 is 19.1 Å². The Kier molecular flexibility index (Phi) is 7.85. The normalized spacial score (nSPS) is 14.1. The molecule has 0 aliphatic carbocycles. The van der Waals surface area contributed by atoms with Crippen molar-refractivity contribution >= 4 is 17.5 Å². The molecule has 1 aromatic carbocycles. The fourth-order valence-corrected chi connectivity index (χ4v) is 5.23. The zero-order valence-corrected chi connectivity index (χ0v) is 24.2. The predicted octanol–water partition coefficient (Wildman–Crippen LogP) is 4.07. The van der Waals surface area contributed by atoms with E-state index in [4.69, 9.17) is 15.2 Å². The fourth-order valence-electron chi connectivity index (χ4n) is 5.23. The van der Waals surface area contributed by atoms with Crippen LogP contribution in [0.15, 0.2) is 42.7 Å². The number of nitriles is 1.